The topological polar surface area (TPSA) is 92.5 Å². The molecular formula is C11H12ClN3O3S. The molecule has 2 heterocycles. The third-order valence-corrected chi connectivity index (χ3v) is 4.38. The monoisotopic (exact) mass is 301 g/mol. The van der Waals surface area contributed by atoms with Gasteiger partial charge in [-0.2, -0.15) is 0 Å². The van der Waals surface area contributed by atoms with Crippen LogP contribution >= 0.6 is 22.9 Å². The fourth-order valence-corrected chi connectivity index (χ4v) is 3.01. The Kier molecular flexibility index (Phi) is 3.51. The van der Waals surface area contributed by atoms with Crippen molar-refractivity contribution in [2.24, 2.45) is 5.73 Å². The molecule has 0 bridgehead atoms. The van der Waals surface area contributed by atoms with Gasteiger partial charge >= 0.3 is 6.03 Å². The lowest BCUT2D eigenvalue weighted by molar-refractivity contribution is -0.131. The molecule has 4 amide bonds. The standard InChI is InChI=1S/C11H12ClN3O3S/c1-11(6-2-3-7(12)19-6)9(17)15(10(18)14-11)5-4-8(13)16/h2-3H,4-5H2,1H3,(H2,13,16)(H,14,18)/t11-/m0/s1. The lowest BCUT2D eigenvalue weighted by Crippen LogP contribution is -2.40. The summed E-state index contributed by atoms with van der Waals surface area (Å²) in [7, 11) is 0. The highest BCUT2D eigenvalue weighted by molar-refractivity contribution is 7.16. The smallest absolute Gasteiger partial charge is 0.325 e. The number of rotatable bonds is 4. The maximum absolute atomic E-state index is 12.3. The molecule has 102 valence electrons. The zero-order chi connectivity index (χ0) is 14.2. The number of amides is 4. The van der Waals surface area contributed by atoms with Crippen LogP contribution in [0.1, 0.15) is 18.2 Å². The van der Waals surface area contributed by atoms with E-state index in [2.05, 4.69) is 5.32 Å². The second-order valence-electron chi connectivity index (χ2n) is 4.33. The Morgan fingerprint density at radius 1 is 1.53 bits per heavy atom. The molecule has 1 aliphatic rings. The van der Waals surface area contributed by atoms with Gasteiger partial charge in [-0.05, 0) is 19.1 Å². The van der Waals surface area contributed by atoms with Crippen molar-refractivity contribution < 1.29 is 14.4 Å². The van der Waals surface area contributed by atoms with Crippen LogP contribution in [0.3, 0.4) is 0 Å². The number of nitrogens with zero attached hydrogens (tertiary/aromatic N) is 1. The fourth-order valence-electron chi connectivity index (χ4n) is 1.87. The highest BCUT2D eigenvalue weighted by Crippen LogP contribution is 2.35. The van der Waals surface area contributed by atoms with E-state index in [4.69, 9.17) is 17.3 Å². The molecule has 0 spiro atoms. The van der Waals surface area contributed by atoms with Gasteiger partial charge < -0.3 is 11.1 Å². The Morgan fingerprint density at radius 2 is 2.21 bits per heavy atom. The Morgan fingerprint density at radius 3 is 2.74 bits per heavy atom. The van der Waals surface area contributed by atoms with Crippen molar-refractivity contribution in [2.45, 2.75) is 18.9 Å². The molecule has 3 N–H and O–H groups in total. The van der Waals surface area contributed by atoms with Crippen molar-refractivity contribution in [3.63, 3.8) is 0 Å². The maximum Gasteiger partial charge on any atom is 0.325 e. The number of nitrogens with one attached hydrogen (secondary N) is 1. The molecule has 8 heteroatoms. The van der Waals surface area contributed by atoms with Gasteiger partial charge in [0.15, 0.2) is 5.54 Å². The van der Waals surface area contributed by atoms with Gasteiger partial charge in [-0.3, -0.25) is 14.5 Å². The predicted molar refractivity (Wildman–Crippen MR) is 70.7 cm³/mol. The van der Waals surface area contributed by atoms with Gasteiger partial charge in [-0.15, -0.1) is 11.3 Å². The second-order valence-corrected chi connectivity index (χ2v) is 6.05. The third-order valence-electron chi connectivity index (χ3n) is 2.92. The van der Waals surface area contributed by atoms with Crippen molar-refractivity contribution in [3.05, 3.63) is 21.3 Å². The summed E-state index contributed by atoms with van der Waals surface area (Å²) in [6, 6.07) is 2.83. The number of thiophene rings is 1. The summed E-state index contributed by atoms with van der Waals surface area (Å²) in [6.45, 7) is 1.59. The highest BCUT2D eigenvalue weighted by atomic mass is 35.5. The van der Waals surface area contributed by atoms with Gasteiger partial charge in [0, 0.05) is 17.8 Å². The van der Waals surface area contributed by atoms with Crippen LogP contribution in [0.5, 0.6) is 0 Å². The average Bonchev–Trinajstić information content (AvgIpc) is 2.83. The summed E-state index contributed by atoms with van der Waals surface area (Å²) in [5, 5.41) is 2.62. The van der Waals surface area contributed by atoms with E-state index in [1.807, 2.05) is 0 Å². The molecule has 1 fully saturated rings. The number of urea groups is 1. The zero-order valence-corrected chi connectivity index (χ0v) is 11.7. The molecule has 1 saturated heterocycles. The van der Waals surface area contributed by atoms with E-state index in [1.54, 1.807) is 19.1 Å². The predicted octanol–water partition coefficient (Wildman–Crippen LogP) is 1.04. The summed E-state index contributed by atoms with van der Waals surface area (Å²) < 4.78 is 0.536. The summed E-state index contributed by atoms with van der Waals surface area (Å²) >= 11 is 7.07. The minimum absolute atomic E-state index is 0.0191. The van der Waals surface area contributed by atoms with E-state index >= 15 is 0 Å². The summed E-state index contributed by atoms with van der Waals surface area (Å²) in [4.78, 5) is 36.5. The van der Waals surface area contributed by atoms with E-state index < -0.39 is 23.4 Å². The summed E-state index contributed by atoms with van der Waals surface area (Å²) in [5.74, 6) is -0.967. The lowest BCUT2D eigenvalue weighted by atomic mass is 10.0. The van der Waals surface area contributed by atoms with Crippen molar-refractivity contribution in [3.8, 4) is 0 Å². The molecule has 1 atom stereocenters. The van der Waals surface area contributed by atoms with Gasteiger partial charge in [0.25, 0.3) is 5.91 Å². The van der Waals surface area contributed by atoms with Crippen LogP contribution in [0, 0.1) is 0 Å². The van der Waals surface area contributed by atoms with Crippen LogP contribution in [0.4, 0.5) is 4.79 Å². The Bertz CT molecular complexity index is 559. The number of primary amides is 1. The van der Waals surface area contributed by atoms with Crippen molar-refractivity contribution >= 4 is 40.8 Å². The van der Waals surface area contributed by atoms with Gasteiger partial charge in [0.1, 0.15) is 0 Å². The quantitative estimate of drug-likeness (QED) is 0.814. The van der Waals surface area contributed by atoms with Crippen LogP contribution in [0.15, 0.2) is 12.1 Å². The molecule has 0 saturated carbocycles. The lowest BCUT2D eigenvalue weighted by Gasteiger charge is -2.19. The molecular weight excluding hydrogens is 290 g/mol. The number of hydrogen-bond acceptors (Lipinski definition) is 4. The highest BCUT2D eigenvalue weighted by Gasteiger charge is 2.49. The molecule has 0 aliphatic carbocycles. The molecule has 0 aromatic carbocycles. The summed E-state index contributed by atoms with van der Waals surface area (Å²) in [5.41, 5.74) is 3.89. The first-order chi connectivity index (χ1) is 8.84. The van der Waals surface area contributed by atoms with Gasteiger partial charge in [0.05, 0.1) is 4.34 Å². The van der Waals surface area contributed by atoms with Gasteiger partial charge in [0.2, 0.25) is 5.91 Å². The third kappa shape index (κ3) is 2.43. The van der Waals surface area contributed by atoms with Crippen LogP contribution in [-0.4, -0.2) is 29.3 Å². The molecule has 6 nitrogen and oxygen atoms in total. The van der Waals surface area contributed by atoms with Crippen molar-refractivity contribution in [2.75, 3.05) is 6.54 Å². The number of halogens is 1. The second kappa shape index (κ2) is 4.82. The number of carbonyl (C=O) groups is 3. The zero-order valence-electron chi connectivity index (χ0n) is 10.1. The first-order valence-corrected chi connectivity index (χ1v) is 6.72. The Hall–Kier alpha value is -1.60. The molecule has 0 radical (unpaired) electrons. The molecule has 1 aromatic rings. The van der Waals surface area contributed by atoms with E-state index in [0.717, 1.165) is 4.90 Å². The fraction of sp³-hybridized carbons (Fsp3) is 0.364. The number of hydrogen-bond donors (Lipinski definition) is 2. The molecule has 2 rings (SSSR count). The Balaban J connectivity index is 2.23. The van der Waals surface area contributed by atoms with Gasteiger partial charge in [-0.1, -0.05) is 11.6 Å². The van der Waals surface area contributed by atoms with Crippen LogP contribution in [0.25, 0.3) is 0 Å². The maximum atomic E-state index is 12.3. The minimum Gasteiger partial charge on any atom is -0.370 e. The molecule has 0 unspecified atom stereocenters. The van der Waals surface area contributed by atoms with Crippen LogP contribution in [0.2, 0.25) is 4.34 Å². The Labute approximate surface area is 118 Å². The number of nitrogens with two attached hydrogens (primary N) is 1. The van der Waals surface area contributed by atoms with E-state index in [1.165, 1.54) is 11.3 Å². The van der Waals surface area contributed by atoms with Crippen molar-refractivity contribution in [1.29, 1.82) is 0 Å². The first kappa shape index (κ1) is 13.8. The van der Waals surface area contributed by atoms with Crippen molar-refractivity contribution in [1.82, 2.24) is 10.2 Å². The molecule has 1 aliphatic heterocycles. The minimum atomic E-state index is -1.13. The first-order valence-electron chi connectivity index (χ1n) is 5.53. The number of imide groups is 1. The van der Waals surface area contributed by atoms with Crippen LogP contribution < -0.4 is 11.1 Å². The van der Waals surface area contributed by atoms with E-state index in [-0.39, 0.29) is 13.0 Å². The number of carbonyl (C=O) groups excluding carboxylic acids is 3. The van der Waals surface area contributed by atoms with Crippen LogP contribution in [-0.2, 0) is 15.1 Å². The van der Waals surface area contributed by atoms with E-state index in [0.29, 0.717) is 9.21 Å². The van der Waals surface area contributed by atoms with Gasteiger partial charge in [-0.25, -0.2) is 4.79 Å². The molecule has 1 aromatic heterocycles. The molecule has 19 heavy (non-hydrogen) atoms. The normalized spacial score (nSPS) is 22.7. The largest absolute Gasteiger partial charge is 0.370 e. The SMILES string of the molecule is C[C@@]1(c2ccc(Cl)s2)NC(=O)N(CCC(N)=O)C1=O. The average molecular weight is 302 g/mol. The van der Waals surface area contributed by atoms with E-state index in [9.17, 15) is 14.4 Å². The summed E-state index contributed by atoms with van der Waals surface area (Å²) in [6.07, 6.45) is -0.0551.